The quantitative estimate of drug-likeness (QED) is 0.755. The highest BCUT2D eigenvalue weighted by Crippen LogP contribution is 2.38. The second-order valence-electron chi connectivity index (χ2n) is 7.88. The summed E-state index contributed by atoms with van der Waals surface area (Å²) >= 11 is 0. The first-order valence-corrected chi connectivity index (χ1v) is 10.3. The van der Waals surface area contributed by atoms with Crippen molar-refractivity contribution < 1.29 is 9.53 Å². The Balaban J connectivity index is 0.000000229. The smallest absolute Gasteiger partial charge is 0.217 e. The highest BCUT2D eigenvalue weighted by Gasteiger charge is 2.40. The Bertz CT molecular complexity index is 640. The molecule has 0 saturated carbocycles. The summed E-state index contributed by atoms with van der Waals surface area (Å²) in [4.78, 5) is 15.2. The molecule has 1 aromatic heterocycles. The minimum atomic E-state index is -0.245. The van der Waals surface area contributed by atoms with E-state index < -0.39 is 0 Å². The van der Waals surface area contributed by atoms with Crippen molar-refractivity contribution in [3.8, 4) is 0 Å². The van der Waals surface area contributed by atoms with Crippen molar-refractivity contribution in [2.24, 2.45) is 5.73 Å². The van der Waals surface area contributed by atoms with Gasteiger partial charge in [0.05, 0.1) is 11.7 Å². The maximum absolute atomic E-state index is 9.59. The molecule has 2 saturated heterocycles. The van der Waals surface area contributed by atoms with Gasteiger partial charge in [0.1, 0.15) is 0 Å². The molecule has 2 aliphatic rings. The highest BCUT2D eigenvalue weighted by atomic mass is 16.5. The second kappa shape index (κ2) is 11.9. The van der Waals surface area contributed by atoms with E-state index in [9.17, 15) is 4.79 Å². The summed E-state index contributed by atoms with van der Waals surface area (Å²) in [5.41, 5.74) is 8.71. The van der Waals surface area contributed by atoms with Crippen molar-refractivity contribution in [3.63, 3.8) is 0 Å². The fraction of sp³-hybridized carbons (Fsp3) is 0.609. The zero-order valence-electron chi connectivity index (χ0n) is 18.4. The van der Waals surface area contributed by atoms with Crippen molar-refractivity contribution in [2.75, 3.05) is 20.1 Å². The molecule has 1 spiro atoms. The fourth-order valence-electron chi connectivity index (χ4n) is 3.36. The van der Waals surface area contributed by atoms with Crippen molar-refractivity contribution >= 4 is 12.0 Å². The standard InChI is InChI=1S/C10H19NO.C10H13N.C3H7NO/c1-9-3-4-10(12-9)5-7-11(2)8-6-10;1-4-5-6-10-9(3)8(2)7-11-10;1-2-3(4)5/h9H,3-8H2,1-2H3;4-7,11H,1H2,2-3H3;2H2,1H3,(H2,4,5)/b;6-5-;. The van der Waals surface area contributed by atoms with E-state index in [-0.39, 0.29) is 11.5 Å². The molecule has 0 aliphatic carbocycles. The molecule has 3 heterocycles. The number of aromatic amines is 1. The van der Waals surface area contributed by atoms with Crippen LogP contribution in [0.15, 0.2) is 24.9 Å². The zero-order chi connectivity index (χ0) is 21.2. The highest BCUT2D eigenvalue weighted by molar-refractivity contribution is 5.73. The van der Waals surface area contributed by atoms with E-state index in [1.165, 1.54) is 55.6 Å². The summed E-state index contributed by atoms with van der Waals surface area (Å²) in [7, 11) is 2.20. The monoisotopic (exact) mass is 389 g/mol. The molecule has 2 aliphatic heterocycles. The Labute approximate surface area is 171 Å². The number of carbonyl (C=O) groups is 1. The number of hydrogen-bond acceptors (Lipinski definition) is 3. The summed E-state index contributed by atoms with van der Waals surface area (Å²) in [6.45, 7) is 14.2. The van der Waals surface area contributed by atoms with Gasteiger partial charge in [-0.3, -0.25) is 4.79 Å². The van der Waals surface area contributed by atoms with Crippen molar-refractivity contribution in [3.05, 3.63) is 41.7 Å². The number of hydrogen-bond donors (Lipinski definition) is 2. The van der Waals surface area contributed by atoms with Crippen LogP contribution in [0.2, 0.25) is 0 Å². The van der Waals surface area contributed by atoms with E-state index in [4.69, 9.17) is 4.74 Å². The van der Waals surface area contributed by atoms with Crippen LogP contribution in [0, 0.1) is 13.8 Å². The van der Waals surface area contributed by atoms with Gasteiger partial charge in [-0.2, -0.15) is 0 Å². The molecular formula is C23H39N3O2. The first-order chi connectivity index (χ1) is 13.2. The van der Waals surface area contributed by atoms with Crippen LogP contribution in [-0.2, 0) is 9.53 Å². The number of H-pyrrole nitrogens is 1. The van der Waals surface area contributed by atoms with Gasteiger partial charge in [0.2, 0.25) is 5.91 Å². The number of nitrogens with zero attached hydrogens (tertiary/aromatic N) is 1. The normalized spacial score (nSPS) is 21.0. The maximum Gasteiger partial charge on any atom is 0.217 e. The van der Waals surface area contributed by atoms with Crippen molar-refractivity contribution in [2.45, 2.75) is 71.5 Å². The van der Waals surface area contributed by atoms with E-state index in [0.717, 1.165) is 0 Å². The van der Waals surface area contributed by atoms with Crippen LogP contribution in [0.1, 0.15) is 62.8 Å². The fourth-order valence-corrected chi connectivity index (χ4v) is 3.36. The maximum atomic E-state index is 9.59. The molecule has 1 atom stereocenters. The summed E-state index contributed by atoms with van der Waals surface area (Å²) in [6, 6.07) is 0. The Morgan fingerprint density at radius 1 is 1.39 bits per heavy atom. The Morgan fingerprint density at radius 2 is 2.00 bits per heavy atom. The number of nitrogens with one attached hydrogen (secondary N) is 1. The third-order valence-corrected chi connectivity index (χ3v) is 5.54. The van der Waals surface area contributed by atoms with Crippen LogP contribution in [-0.4, -0.2) is 47.6 Å². The van der Waals surface area contributed by atoms with E-state index >= 15 is 0 Å². The molecule has 28 heavy (non-hydrogen) atoms. The first kappa shape index (κ1) is 24.2. The summed E-state index contributed by atoms with van der Waals surface area (Å²) in [6.07, 6.45) is 13.7. The van der Waals surface area contributed by atoms with Gasteiger partial charge in [0.25, 0.3) is 0 Å². The van der Waals surface area contributed by atoms with E-state index in [1.54, 1.807) is 13.0 Å². The lowest BCUT2D eigenvalue weighted by molar-refractivity contribution is -0.117. The van der Waals surface area contributed by atoms with Gasteiger partial charge in [0, 0.05) is 31.4 Å². The number of allylic oxidation sites excluding steroid dienone is 2. The first-order valence-electron chi connectivity index (χ1n) is 10.3. The van der Waals surface area contributed by atoms with Gasteiger partial charge >= 0.3 is 0 Å². The number of likely N-dealkylation sites (tertiary alicyclic amines) is 1. The van der Waals surface area contributed by atoms with Gasteiger partial charge < -0.3 is 20.4 Å². The number of aromatic nitrogens is 1. The van der Waals surface area contributed by atoms with Crippen LogP contribution >= 0.6 is 0 Å². The molecule has 3 rings (SSSR count). The van der Waals surface area contributed by atoms with E-state index in [2.05, 4.69) is 50.0 Å². The molecular weight excluding hydrogens is 350 g/mol. The van der Waals surface area contributed by atoms with Gasteiger partial charge in [-0.1, -0.05) is 25.7 Å². The summed E-state index contributed by atoms with van der Waals surface area (Å²) in [5.74, 6) is -0.245. The third-order valence-electron chi connectivity index (χ3n) is 5.54. The minimum absolute atomic E-state index is 0.245. The average molecular weight is 390 g/mol. The number of nitrogens with two attached hydrogens (primary N) is 1. The van der Waals surface area contributed by atoms with Crippen molar-refractivity contribution in [1.29, 1.82) is 0 Å². The largest absolute Gasteiger partial charge is 0.372 e. The van der Waals surface area contributed by atoms with E-state index in [0.29, 0.717) is 12.5 Å². The molecule has 5 nitrogen and oxygen atoms in total. The van der Waals surface area contributed by atoms with Crippen LogP contribution in [0.5, 0.6) is 0 Å². The lowest BCUT2D eigenvalue weighted by Gasteiger charge is -2.37. The zero-order valence-corrected chi connectivity index (χ0v) is 18.4. The lowest BCUT2D eigenvalue weighted by atomic mass is 9.89. The van der Waals surface area contributed by atoms with Gasteiger partial charge in [0.15, 0.2) is 0 Å². The Morgan fingerprint density at radius 3 is 2.39 bits per heavy atom. The van der Waals surface area contributed by atoms with Gasteiger partial charge in [-0.25, -0.2) is 0 Å². The summed E-state index contributed by atoms with van der Waals surface area (Å²) < 4.78 is 6.01. The molecule has 2 fully saturated rings. The summed E-state index contributed by atoms with van der Waals surface area (Å²) in [5, 5.41) is 0. The second-order valence-corrected chi connectivity index (χ2v) is 7.88. The number of ether oxygens (including phenoxy) is 1. The predicted molar refractivity (Wildman–Crippen MR) is 118 cm³/mol. The molecule has 0 radical (unpaired) electrons. The Kier molecular flexibility index (Phi) is 10.3. The van der Waals surface area contributed by atoms with Crippen LogP contribution in [0.25, 0.3) is 6.08 Å². The molecule has 1 amide bonds. The average Bonchev–Trinajstić information content (AvgIpc) is 3.20. The van der Waals surface area contributed by atoms with Crippen molar-refractivity contribution in [1.82, 2.24) is 9.88 Å². The van der Waals surface area contributed by atoms with Crippen LogP contribution < -0.4 is 5.73 Å². The van der Waals surface area contributed by atoms with E-state index in [1.807, 2.05) is 18.3 Å². The molecule has 158 valence electrons. The minimum Gasteiger partial charge on any atom is -0.372 e. The number of aryl methyl sites for hydroxylation is 1. The van der Waals surface area contributed by atoms with Crippen LogP contribution in [0.4, 0.5) is 0 Å². The molecule has 1 unspecified atom stereocenters. The number of piperidine rings is 1. The SMILES string of the molecule is C=C/C=C\c1[nH]cc(C)c1C.CC1CCC2(CCN(C)CC2)O1.CCC(N)=O. The molecule has 1 aromatic rings. The van der Waals surface area contributed by atoms with Gasteiger partial charge in [-0.05, 0) is 70.7 Å². The number of carbonyl (C=O) groups excluding carboxylic acids is 1. The number of primary amides is 1. The molecule has 3 N–H and O–H groups in total. The number of rotatable bonds is 3. The molecule has 0 bridgehead atoms. The topological polar surface area (TPSA) is 71.3 Å². The predicted octanol–water partition coefficient (Wildman–Crippen LogP) is 4.36. The Hall–Kier alpha value is -1.85. The van der Waals surface area contributed by atoms with Gasteiger partial charge in [-0.15, -0.1) is 0 Å². The molecule has 5 heteroatoms. The lowest BCUT2D eigenvalue weighted by Crippen LogP contribution is -2.42. The number of amides is 1. The molecule has 0 aromatic carbocycles. The third kappa shape index (κ3) is 8.03. The van der Waals surface area contributed by atoms with Crippen LogP contribution in [0.3, 0.4) is 0 Å².